The van der Waals surface area contributed by atoms with E-state index in [1.807, 2.05) is 11.8 Å². The molecule has 0 N–H and O–H groups in total. The summed E-state index contributed by atoms with van der Waals surface area (Å²) >= 11 is 1.83. The van der Waals surface area contributed by atoms with E-state index in [1.54, 1.807) is 0 Å². The Kier molecular flexibility index (Phi) is 10.1. The number of ether oxygens (including phenoxy) is 1. The molecule has 2 nitrogen and oxygen atoms in total. The van der Waals surface area contributed by atoms with E-state index in [9.17, 15) is 4.79 Å². The monoisotopic (exact) mass is 534 g/mol. The fraction of sp³-hybridized carbons (Fsp3) is 0.629. The van der Waals surface area contributed by atoms with Gasteiger partial charge in [-0.2, -0.15) is 0 Å². The van der Waals surface area contributed by atoms with E-state index in [4.69, 9.17) is 4.74 Å². The van der Waals surface area contributed by atoms with Gasteiger partial charge in [-0.15, -0.1) is 11.8 Å². The predicted molar refractivity (Wildman–Crippen MR) is 164 cm³/mol. The van der Waals surface area contributed by atoms with Crippen LogP contribution in [0.15, 0.2) is 29.2 Å². The zero-order valence-electron chi connectivity index (χ0n) is 25.0. The van der Waals surface area contributed by atoms with Crippen LogP contribution >= 0.6 is 11.8 Å². The van der Waals surface area contributed by atoms with Crippen LogP contribution in [0, 0.1) is 0 Å². The highest BCUT2D eigenvalue weighted by atomic mass is 32.2. The highest BCUT2D eigenvalue weighted by Crippen LogP contribution is 2.47. The number of hydrogen-bond donors (Lipinski definition) is 0. The minimum Gasteiger partial charge on any atom is -0.422 e. The molecular formula is C35H50O2S. The minimum atomic E-state index is -0.154. The van der Waals surface area contributed by atoms with Gasteiger partial charge in [-0.25, -0.2) is 4.79 Å². The SMILES string of the molecule is CSc1cc(C2CCCCC2)c(OC(=O)c2c(C(C)C)cc(C(C)C)cc2C(C)C)c(C2CCCCC2)c1. The standard InChI is InChI=1S/C35H50O2S/c1-22(2)27-18-29(23(3)4)33(30(19-27)24(5)6)35(36)37-34-31(25-14-10-8-11-15-25)20-28(38-7)21-32(34)26-16-12-9-13-17-26/h18-26H,8-17H2,1-7H3. The van der Waals surface area contributed by atoms with Crippen LogP contribution in [0.3, 0.4) is 0 Å². The third-order valence-corrected chi connectivity index (χ3v) is 9.68. The summed E-state index contributed by atoms with van der Waals surface area (Å²) in [6, 6.07) is 9.23. The molecule has 2 aliphatic carbocycles. The van der Waals surface area contributed by atoms with E-state index in [0.717, 1.165) is 22.4 Å². The summed E-state index contributed by atoms with van der Waals surface area (Å²) in [7, 11) is 0. The molecule has 0 unspecified atom stereocenters. The lowest BCUT2D eigenvalue weighted by Crippen LogP contribution is -2.20. The second-order valence-corrected chi connectivity index (χ2v) is 13.6. The average Bonchev–Trinajstić information content (AvgIpc) is 2.93. The second kappa shape index (κ2) is 13.1. The molecule has 2 aromatic carbocycles. The summed E-state index contributed by atoms with van der Waals surface area (Å²) in [6.45, 7) is 13.3. The zero-order chi connectivity index (χ0) is 27.4. The van der Waals surface area contributed by atoms with Crippen LogP contribution < -0.4 is 4.74 Å². The topological polar surface area (TPSA) is 26.3 Å². The Hall–Kier alpha value is -1.74. The molecule has 0 bridgehead atoms. The molecule has 2 fully saturated rings. The molecule has 0 amide bonds. The van der Waals surface area contributed by atoms with Crippen molar-refractivity contribution in [2.24, 2.45) is 0 Å². The molecule has 3 heteroatoms. The van der Waals surface area contributed by atoms with Gasteiger partial charge in [0.05, 0.1) is 5.56 Å². The molecule has 0 atom stereocenters. The molecule has 0 heterocycles. The normalized spacial score (nSPS) is 17.5. The van der Waals surface area contributed by atoms with Crippen molar-refractivity contribution in [1.29, 1.82) is 0 Å². The van der Waals surface area contributed by atoms with Gasteiger partial charge in [-0.1, -0.05) is 92.2 Å². The molecule has 0 saturated heterocycles. The second-order valence-electron chi connectivity index (χ2n) is 12.7. The van der Waals surface area contributed by atoms with Gasteiger partial charge in [0.15, 0.2) is 0 Å². The summed E-state index contributed by atoms with van der Waals surface area (Å²) in [5, 5.41) is 0. The van der Waals surface area contributed by atoms with Crippen molar-refractivity contribution in [1.82, 2.24) is 0 Å². The number of esters is 1. The van der Waals surface area contributed by atoms with E-state index in [1.165, 1.54) is 85.8 Å². The lowest BCUT2D eigenvalue weighted by Gasteiger charge is -2.30. The lowest BCUT2D eigenvalue weighted by atomic mass is 9.79. The van der Waals surface area contributed by atoms with Crippen molar-refractivity contribution >= 4 is 17.7 Å². The number of carbonyl (C=O) groups is 1. The Labute approximate surface area is 236 Å². The van der Waals surface area contributed by atoms with E-state index in [2.05, 4.69) is 72.1 Å². The Morgan fingerprint density at radius 1 is 0.711 bits per heavy atom. The van der Waals surface area contributed by atoms with Crippen molar-refractivity contribution < 1.29 is 9.53 Å². The molecule has 38 heavy (non-hydrogen) atoms. The summed E-state index contributed by atoms with van der Waals surface area (Å²) in [6.07, 6.45) is 14.7. The largest absolute Gasteiger partial charge is 0.422 e. The van der Waals surface area contributed by atoms with Crippen LogP contribution in [0.1, 0.15) is 174 Å². The molecule has 0 radical (unpaired) electrons. The number of hydrogen-bond acceptors (Lipinski definition) is 3. The Morgan fingerprint density at radius 3 is 1.53 bits per heavy atom. The highest BCUT2D eigenvalue weighted by Gasteiger charge is 2.30. The third-order valence-electron chi connectivity index (χ3n) is 8.98. The molecule has 0 aromatic heterocycles. The molecule has 0 spiro atoms. The Balaban J connectivity index is 1.86. The molecule has 208 valence electrons. The number of rotatable bonds is 8. The minimum absolute atomic E-state index is 0.154. The van der Waals surface area contributed by atoms with E-state index in [-0.39, 0.29) is 17.8 Å². The Morgan fingerprint density at radius 2 is 1.16 bits per heavy atom. The van der Waals surface area contributed by atoms with Crippen molar-refractivity contribution in [2.45, 2.75) is 140 Å². The molecule has 0 aliphatic heterocycles. The number of benzene rings is 2. The summed E-state index contributed by atoms with van der Waals surface area (Å²) in [5.41, 5.74) is 6.96. The van der Waals surface area contributed by atoms with E-state index < -0.39 is 0 Å². The van der Waals surface area contributed by atoms with E-state index >= 15 is 0 Å². The van der Waals surface area contributed by atoms with Gasteiger partial charge in [-0.3, -0.25) is 0 Å². The van der Waals surface area contributed by atoms with Gasteiger partial charge < -0.3 is 4.74 Å². The van der Waals surface area contributed by atoms with Crippen LogP contribution in [0.5, 0.6) is 5.75 Å². The molecular weight excluding hydrogens is 484 g/mol. The number of thioether (sulfide) groups is 1. The van der Waals surface area contributed by atoms with Crippen molar-refractivity contribution in [3.05, 3.63) is 57.6 Å². The fourth-order valence-corrected chi connectivity index (χ4v) is 7.14. The molecule has 2 saturated carbocycles. The van der Waals surface area contributed by atoms with Gasteiger partial charge in [-0.05, 0) is 101 Å². The fourth-order valence-electron chi connectivity index (χ4n) is 6.65. The first-order valence-electron chi connectivity index (χ1n) is 15.3. The van der Waals surface area contributed by atoms with Crippen molar-refractivity contribution in [3.8, 4) is 5.75 Å². The molecule has 4 rings (SSSR count). The van der Waals surface area contributed by atoms with Crippen LogP contribution in [0.4, 0.5) is 0 Å². The Bertz CT molecular complexity index is 1030. The average molecular weight is 535 g/mol. The maximum absolute atomic E-state index is 14.3. The first kappa shape index (κ1) is 29.2. The van der Waals surface area contributed by atoms with E-state index in [0.29, 0.717) is 17.8 Å². The number of carbonyl (C=O) groups excluding carboxylic acids is 1. The van der Waals surface area contributed by atoms with Gasteiger partial charge in [0.25, 0.3) is 0 Å². The van der Waals surface area contributed by atoms with Gasteiger partial charge >= 0.3 is 5.97 Å². The maximum Gasteiger partial charge on any atom is 0.344 e. The van der Waals surface area contributed by atoms with Crippen molar-refractivity contribution in [3.63, 3.8) is 0 Å². The summed E-state index contributed by atoms with van der Waals surface area (Å²) in [5.74, 6) is 2.65. The third kappa shape index (κ3) is 6.52. The van der Waals surface area contributed by atoms with Crippen LogP contribution in [0.2, 0.25) is 0 Å². The summed E-state index contributed by atoms with van der Waals surface area (Å²) in [4.78, 5) is 15.7. The first-order valence-corrected chi connectivity index (χ1v) is 16.5. The van der Waals surface area contributed by atoms with Crippen LogP contribution in [-0.4, -0.2) is 12.2 Å². The smallest absolute Gasteiger partial charge is 0.344 e. The maximum atomic E-state index is 14.3. The van der Waals surface area contributed by atoms with Gasteiger partial charge in [0, 0.05) is 4.90 Å². The predicted octanol–water partition coefficient (Wildman–Crippen LogP) is 11.1. The quantitative estimate of drug-likeness (QED) is 0.191. The first-order chi connectivity index (χ1) is 18.2. The van der Waals surface area contributed by atoms with Gasteiger partial charge in [0.2, 0.25) is 0 Å². The highest BCUT2D eigenvalue weighted by molar-refractivity contribution is 7.98. The summed E-state index contributed by atoms with van der Waals surface area (Å²) < 4.78 is 6.70. The van der Waals surface area contributed by atoms with Crippen LogP contribution in [0.25, 0.3) is 0 Å². The molecule has 2 aliphatic rings. The lowest BCUT2D eigenvalue weighted by molar-refractivity contribution is 0.0726. The zero-order valence-corrected chi connectivity index (χ0v) is 25.8. The van der Waals surface area contributed by atoms with Gasteiger partial charge in [0.1, 0.15) is 5.75 Å². The molecule has 2 aromatic rings. The van der Waals surface area contributed by atoms with Crippen LogP contribution in [-0.2, 0) is 0 Å². The van der Waals surface area contributed by atoms with Crippen molar-refractivity contribution in [2.75, 3.05) is 6.26 Å².